The van der Waals surface area contributed by atoms with E-state index in [2.05, 4.69) is 64.6 Å². The van der Waals surface area contributed by atoms with Crippen molar-refractivity contribution >= 4 is 0 Å². The Kier molecular flexibility index (Phi) is 6.70. The van der Waals surface area contributed by atoms with Crippen LogP contribution in [0, 0.1) is 25.7 Å². The van der Waals surface area contributed by atoms with Gasteiger partial charge in [0.2, 0.25) is 0 Å². The molecule has 2 heteroatoms. The van der Waals surface area contributed by atoms with Crippen molar-refractivity contribution in [2.75, 3.05) is 19.6 Å². The molecule has 0 fully saturated rings. The number of nitrogens with zero attached hydrogens (tertiary/aromatic N) is 1. The Morgan fingerprint density at radius 2 is 1.40 bits per heavy atom. The van der Waals surface area contributed by atoms with E-state index in [1.54, 1.807) is 0 Å². The van der Waals surface area contributed by atoms with Crippen molar-refractivity contribution in [2.24, 2.45) is 17.6 Å². The average molecular weight is 276 g/mol. The number of benzene rings is 1. The molecule has 0 aliphatic carbocycles. The van der Waals surface area contributed by atoms with Gasteiger partial charge in [0.05, 0.1) is 0 Å². The van der Waals surface area contributed by atoms with E-state index in [-0.39, 0.29) is 0 Å². The number of rotatable bonds is 7. The molecule has 0 heterocycles. The summed E-state index contributed by atoms with van der Waals surface area (Å²) < 4.78 is 0. The second-order valence-corrected chi connectivity index (χ2v) is 6.80. The molecule has 0 amide bonds. The Balaban J connectivity index is 3.11. The summed E-state index contributed by atoms with van der Waals surface area (Å²) in [6.07, 6.45) is 0. The Bertz CT molecular complexity index is 380. The van der Waals surface area contributed by atoms with Crippen molar-refractivity contribution in [1.29, 1.82) is 0 Å². The van der Waals surface area contributed by atoms with Gasteiger partial charge in [-0.15, -0.1) is 0 Å². The normalized spacial score (nSPS) is 13.5. The van der Waals surface area contributed by atoms with Gasteiger partial charge in [-0.2, -0.15) is 0 Å². The summed E-state index contributed by atoms with van der Waals surface area (Å²) in [5, 5.41) is 0. The highest BCUT2D eigenvalue weighted by atomic mass is 15.2. The van der Waals surface area contributed by atoms with Gasteiger partial charge >= 0.3 is 0 Å². The van der Waals surface area contributed by atoms with E-state index in [4.69, 9.17) is 5.73 Å². The third-order valence-corrected chi connectivity index (χ3v) is 3.74. The molecule has 0 aliphatic rings. The fourth-order valence-electron chi connectivity index (χ4n) is 3.07. The largest absolute Gasteiger partial charge is 0.329 e. The molecule has 0 aliphatic heterocycles. The van der Waals surface area contributed by atoms with Gasteiger partial charge in [-0.3, -0.25) is 4.90 Å². The highest BCUT2D eigenvalue weighted by Gasteiger charge is 2.23. The molecule has 1 unspecified atom stereocenters. The lowest BCUT2D eigenvalue weighted by molar-refractivity contribution is 0.159. The maximum atomic E-state index is 6.15. The first-order chi connectivity index (χ1) is 9.36. The van der Waals surface area contributed by atoms with Crippen LogP contribution in [0.1, 0.15) is 50.4 Å². The molecule has 20 heavy (non-hydrogen) atoms. The first kappa shape index (κ1) is 17.2. The average Bonchev–Trinajstić information content (AvgIpc) is 2.32. The first-order valence-electron chi connectivity index (χ1n) is 7.87. The molecule has 0 spiro atoms. The summed E-state index contributed by atoms with van der Waals surface area (Å²) in [4.78, 5) is 2.57. The van der Waals surface area contributed by atoms with Crippen molar-refractivity contribution in [1.82, 2.24) is 4.90 Å². The van der Waals surface area contributed by atoms with Crippen LogP contribution in [0.4, 0.5) is 0 Å². The zero-order valence-corrected chi connectivity index (χ0v) is 14.1. The van der Waals surface area contributed by atoms with Gasteiger partial charge in [-0.25, -0.2) is 0 Å². The summed E-state index contributed by atoms with van der Waals surface area (Å²) in [6, 6.07) is 6.87. The molecular weight excluding hydrogens is 244 g/mol. The predicted molar refractivity (Wildman–Crippen MR) is 89.0 cm³/mol. The number of aryl methyl sites for hydroxylation is 2. The molecule has 2 nitrogen and oxygen atoms in total. The Morgan fingerprint density at radius 3 is 1.75 bits per heavy atom. The molecule has 1 rings (SSSR count). The minimum Gasteiger partial charge on any atom is -0.329 e. The molecule has 0 saturated carbocycles. The molecule has 114 valence electrons. The number of hydrogen-bond acceptors (Lipinski definition) is 2. The van der Waals surface area contributed by atoms with Crippen LogP contribution in [0.3, 0.4) is 0 Å². The summed E-state index contributed by atoms with van der Waals surface area (Å²) >= 11 is 0. The molecule has 0 aromatic heterocycles. The quantitative estimate of drug-likeness (QED) is 0.818. The lowest BCUT2D eigenvalue weighted by atomic mass is 9.93. The van der Waals surface area contributed by atoms with Gasteiger partial charge in [-0.1, -0.05) is 45.9 Å². The smallest absolute Gasteiger partial charge is 0.0475 e. The third kappa shape index (κ3) is 4.60. The van der Waals surface area contributed by atoms with Crippen LogP contribution in [-0.2, 0) is 0 Å². The molecular formula is C18H32N2. The predicted octanol–water partition coefficient (Wildman–Crippen LogP) is 3.92. The zero-order valence-electron chi connectivity index (χ0n) is 14.1. The highest BCUT2D eigenvalue weighted by molar-refractivity contribution is 5.36. The maximum absolute atomic E-state index is 6.15. The van der Waals surface area contributed by atoms with Crippen molar-refractivity contribution in [3.05, 3.63) is 34.9 Å². The standard InChI is InChI=1S/C18H32N2/c1-13(2)11-20(12-14(3)4)17(10-19)18-15(5)8-7-9-16(18)6/h7-9,13-14,17H,10-12,19H2,1-6H3. The summed E-state index contributed by atoms with van der Waals surface area (Å²) in [5.74, 6) is 1.32. The summed E-state index contributed by atoms with van der Waals surface area (Å²) in [7, 11) is 0. The van der Waals surface area contributed by atoms with Gasteiger partial charge < -0.3 is 5.73 Å². The van der Waals surface area contributed by atoms with Gasteiger partial charge in [0, 0.05) is 25.7 Å². The van der Waals surface area contributed by atoms with E-state index in [0.717, 1.165) is 13.1 Å². The van der Waals surface area contributed by atoms with Gasteiger partial charge in [0.25, 0.3) is 0 Å². The molecule has 1 atom stereocenters. The molecule has 0 saturated heterocycles. The molecule has 0 bridgehead atoms. The van der Waals surface area contributed by atoms with Crippen molar-refractivity contribution in [2.45, 2.75) is 47.6 Å². The van der Waals surface area contributed by atoms with Crippen molar-refractivity contribution in [3.63, 3.8) is 0 Å². The maximum Gasteiger partial charge on any atom is 0.0475 e. The molecule has 1 aromatic carbocycles. The van der Waals surface area contributed by atoms with E-state index in [1.807, 2.05) is 0 Å². The Labute approximate surface area is 125 Å². The van der Waals surface area contributed by atoms with Crippen LogP contribution in [0.2, 0.25) is 0 Å². The molecule has 0 radical (unpaired) electrons. The lowest BCUT2D eigenvalue weighted by Crippen LogP contribution is -2.39. The first-order valence-corrected chi connectivity index (χ1v) is 7.87. The lowest BCUT2D eigenvalue weighted by Gasteiger charge is -2.35. The fraction of sp³-hybridized carbons (Fsp3) is 0.667. The van der Waals surface area contributed by atoms with Gasteiger partial charge in [0.1, 0.15) is 0 Å². The Morgan fingerprint density at radius 1 is 0.950 bits per heavy atom. The van der Waals surface area contributed by atoms with E-state index in [9.17, 15) is 0 Å². The topological polar surface area (TPSA) is 29.3 Å². The monoisotopic (exact) mass is 276 g/mol. The van der Waals surface area contributed by atoms with Crippen LogP contribution in [-0.4, -0.2) is 24.5 Å². The number of nitrogens with two attached hydrogens (primary N) is 1. The van der Waals surface area contributed by atoms with E-state index in [0.29, 0.717) is 24.4 Å². The molecule has 2 N–H and O–H groups in total. The van der Waals surface area contributed by atoms with E-state index in [1.165, 1.54) is 16.7 Å². The minimum atomic E-state index is 0.334. The van der Waals surface area contributed by atoms with Gasteiger partial charge in [-0.05, 0) is 42.4 Å². The fourth-order valence-corrected chi connectivity index (χ4v) is 3.07. The van der Waals surface area contributed by atoms with Crippen molar-refractivity contribution in [3.8, 4) is 0 Å². The van der Waals surface area contributed by atoms with Gasteiger partial charge in [0.15, 0.2) is 0 Å². The van der Waals surface area contributed by atoms with Crippen LogP contribution < -0.4 is 5.73 Å². The minimum absolute atomic E-state index is 0.334. The SMILES string of the molecule is Cc1cccc(C)c1C(CN)N(CC(C)C)CC(C)C. The van der Waals surface area contributed by atoms with Crippen molar-refractivity contribution < 1.29 is 0 Å². The summed E-state index contributed by atoms with van der Waals surface area (Å²) in [6.45, 7) is 16.4. The molecule has 1 aromatic rings. The summed E-state index contributed by atoms with van der Waals surface area (Å²) in [5.41, 5.74) is 10.3. The van der Waals surface area contributed by atoms with E-state index >= 15 is 0 Å². The van der Waals surface area contributed by atoms with Crippen LogP contribution >= 0.6 is 0 Å². The second kappa shape index (κ2) is 7.80. The van der Waals surface area contributed by atoms with Crippen LogP contribution in [0.15, 0.2) is 18.2 Å². The van der Waals surface area contributed by atoms with E-state index < -0.39 is 0 Å². The highest BCUT2D eigenvalue weighted by Crippen LogP contribution is 2.27. The van der Waals surface area contributed by atoms with Crippen LogP contribution in [0.5, 0.6) is 0 Å². The second-order valence-electron chi connectivity index (χ2n) is 6.80. The zero-order chi connectivity index (χ0) is 15.3. The number of hydrogen-bond donors (Lipinski definition) is 1. The van der Waals surface area contributed by atoms with Crippen LogP contribution in [0.25, 0.3) is 0 Å². The third-order valence-electron chi connectivity index (χ3n) is 3.74. The Hall–Kier alpha value is -0.860.